The molecule has 160 valence electrons. The Morgan fingerprint density at radius 1 is 0.929 bits per heavy atom. The van der Waals surface area contributed by atoms with Crippen molar-refractivity contribution in [3.05, 3.63) is 22.2 Å². The predicted octanol–water partition coefficient (Wildman–Crippen LogP) is 1.82. The summed E-state index contributed by atoms with van der Waals surface area (Å²) in [6.45, 7) is 5.37. The molecule has 0 unspecified atom stereocenters. The molecular formula is C20H35BrN4O3. The Hall–Kier alpha value is -1.35. The molecule has 0 aromatic heterocycles. The molecule has 0 aliphatic heterocycles. The lowest BCUT2D eigenvalue weighted by atomic mass is 10.1. The van der Waals surface area contributed by atoms with Crippen molar-refractivity contribution < 1.29 is 14.3 Å². The van der Waals surface area contributed by atoms with Gasteiger partial charge in [0.2, 0.25) is 5.91 Å². The fourth-order valence-corrected chi connectivity index (χ4v) is 3.15. The zero-order valence-corrected chi connectivity index (χ0v) is 18.7. The van der Waals surface area contributed by atoms with Gasteiger partial charge in [-0.1, -0.05) is 15.9 Å². The van der Waals surface area contributed by atoms with E-state index in [1.54, 1.807) is 14.2 Å². The number of rotatable bonds is 16. The van der Waals surface area contributed by atoms with E-state index in [1.807, 2.05) is 12.1 Å². The summed E-state index contributed by atoms with van der Waals surface area (Å²) in [6, 6.07) is 3.65. The first-order chi connectivity index (χ1) is 13.6. The number of halogens is 1. The summed E-state index contributed by atoms with van der Waals surface area (Å²) in [6.07, 6.45) is 4.55. The molecule has 1 aromatic rings. The van der Waals surface area contributed by atoms with Crippen LogP contribution >= 0.6 is 15.9 Å². The molecule has 28 heavy (non-hydrogen) atoms. The van der Waals surface area contributed by atoms with E-state index in [1.165, 1.54) is 0 Å². The molecule has 0 aliphatic rings. The largest absolute Gasteiger partial charge is 0.493 e. The van der Waals surface area contributed by atoms with Crippen LogP contribution in [0, 0.1) is 0 Å². The minimum Gasteiger partial charge on any atom is -0.493 e. The second kappa shape index (κ2) is 15.6. The maximum absolute atomic E-state index is 12.2. The summed E-state index contributed by atoms with van der Waals surface area (Å²) in [5.74, 6) is 1.25. The van der Waals surface area contributed by atoms with Gasteiger partial charge in [0.1, 0.15) is 0 Å². The number of hydrogen-bond acceptors (Lipinski definition) is 6. The molecule has 8 heteroatoms. The predicted molar refractivity (Wildman–Crippen MR) is 117 cm³/mol. The molecule has 1 aromatic carbocycles. The van der Waals surface area contributed by atoms with E-state index in [2.05, 4.69) is 31.9 Å². The summed E-state index contributed by atoms with van der Waals surface area (Å²) in [7, 11) is 3.17. The first-order valence-corrected chi connectivity index (χ1v) is 10.7. The fraction of sp³-hybridized carbons (Fsp3) is 0.650. The number of methoxy groups -OCH3 is 2. The van der Waals surface area contributed by atoms with Crippen LogP contribution in [-0.2, 0) is 11.2 Å². The van der Waals surface area contributed by atoms with Gasteiger partial charge >= 0.3 is 0 Å². The van der Waals surface area contributed by atoms with Gasteiger partial charge in [0, 0.05) is 11.0 Å². The van der Waals surface area contributed by atoms with Gasteiger partial charge in [-0.25, -0.2) is 0 Å². The Morgan fingerprint density at radius 3 is 2.11 bits per heavy atom. The van der Waals surface area contributed by atoms with E-state index in [0.717, 1.165) is 68.4 Å². The summed E-state index contributed by atoms with van der Waals surface area (Å²) >= 11 is 3.48. The number of nitrogens with two attached hydrogens (primary N) is 1. The van der Waals surface area contributed by atoms with Crippen LogP contribution in [-0.4, -0.2) is 59.4 Å². The highest BCUT2D eigenvalue weighted by molar-refractivity contribution is 9.10. The van der Waals surface area contributed by atoms with Gasteiger partial charge in [0.05, 0.1) is 20.6 Å². The van der Waals surface area contributed by atoms with E-state index < -0.39 is 0 Å². The topological polar surface area (TPSA) is 97.6 Å². The van der Waals surface area contributed by atoms with Crippen LogP contribution in [0.4, 0.5) is 0 Å². The molecule has 0 saturated carbocycles. The number of carbonyl (C=O) groups is 1. The summed E-state index contributed by atoms with van der Waals surface area (Å²) < 4.78 is 11.4. The highest BCUT2D eigenvalue weighted by Gasteiger charge is 2.12. The molecule has 7 nitrogen and oxygen atoms in total. The number of nitrogens with one attached hydrogen (secondary N) is 3. The number of ether oxygens (including phenoxy) is 2. The van der Waals surface area contributed by atoms with Crippen molar-refractivity contribution in [2.45, 2.75) is 32.1 Å². The van der Waals surface area contributed by atoms with Crippen molar-refractivity contribution in [1.82, 2.24) is 16.0 Å². The molecule has 1 amide bonds. The van der Waals surface area contributed by atoms with Crippen molar-refractivity contribution in [1.29, 1.82) is 0 Å². The standard InChI is InChI=1S/C20H35BrN4O3/c1-27-18-13-16(17(21)15-19(18)28-2)14-20(26)25-12-6-11-24-9-4-3-8-23-10-5-7-22/h13,15,23-24H,3-12,14,22H2,1-2H3,(H,25,26). The Balaban J connectivity index is 2.11. The number of carbonyl (C=O) groups excluding carboxylic acids is 1. The van der Waals surface area contributed by atoms with Gasteiger partial charge in [0.15, 0.2) is 11.5 Å². The smallest absolute Gasteiger partial charge is 0.224 e. The van der Waals surface area contributed by atoms with Gasteiger partial charge < -0.3 is 31.2 Å². The van der Waals surface area contributed by atoms with E-state index in [-0.39, 0.29) is 5.91 Å². The van der Waals surface area contributed by atoms with Crippen molar-refractivity contribution in [2.75, 3.05) is 53.5 Å². The van der Waals surface area contributed by atoms with E-state index in [9.17, 15) is 4.79 Å². The highest BCUT2D eigenvalue weighted by Crippen LogP contribution is 2.33. The number of benzene rings is 1. The van der Waals surface area contributed by atoms with Crippen molar-refractivity contribution in [3.8, 4) is 11.5 Å². The van der Waals surface area contributed by atoms with Gasteiger partial charge in [0.25, 0.3) is 0 Å². The minimum atomic E-state index is -0.00327. The van der Waals surface area contributed by atoms with Crippen molar-refractivity contribution in [2.24, 2.45) is 5.73 Å². The zero-order valence-electron chi connectivity index (χ0n) is 17.1. The van der Waals surface area contributed by atoms with E-state index >= 15 is 0 Å². The molecule has 0 radical (unpaired) electrons. The minimum absolute atomic E-state index is 0.00327. The average molecular weight is 459 g/mol. The maximum Gasteiger partial charge on any atom is 0.224 e. The van der Waals surface area contributed by atoms with E-state index in [0.29, 0.717) is 24.5 Å². The number of unbranched alkanes of at least 4 members (excludes halogenated alkanes) is 1. The van der Waals surface area contributed by atoms with Gasteiger partial charge in [-0.15, -0.1) is 0 Å². The SMILES string of the molecule is COc1cc(Br)c(CC(=O)NCCCNCCCCNCCCN)cc1OC. The molecule has 0 heterocycles. The summed E-state index contributed by atoms with van der Waals surface area (Å²) in [5.41, 5.74) is 6.32. The van der Waals surface area contributed by atoms with Crippen LogP contribution in [0.5, 0.6) is 11.5 Å². The zero-order chi connectivity index (χ0) is 20.6. The second-order valence-corrected chi connectivity index (χ2v) is 7.38. The van der Waals surface area contributed by atoms with Crippen LogP contribution in [0.15, 0.2) is 16.6 Å². The van der Waals surface area contributed by atoms with Gasteiger partial charge in [-0.3, -0.25) is 4.79 Å². The molecule has 0 atom stereocenters. The lowest BCUT2D eigenvalue weighted by molar-refractivity contribution is -0.120. The van der Waals surface area contributed by atoms with Crippen LogP contribution in [0.25, 0.3) is 0 Å². The van der Waals surface area contributed by atoms with Crippen LogP contribution in [0.3, 0.4) is 0 Å². The Morgan fingerprint density at radius 2 is 1.50 bits per heavy atom. The molecular weight excluding hydrogens is 424 g/mol. The van der Waals surface area contributed by atoms with Crippen molar-refractivity contribution >= 4 is 21.8 Å². The molecule has 1 rings (SSSR count). The maximum atomic E-state index is 12.2. The third-order valence-corrected chi connectivity index (χ3v) is 5.01. The number of amides is 1. The third-order valence-electron chi connectivity index (χ3n) is 4.27. The summed E-state index contributed by atoms with van der Waals surface area (Å²) in [5, 5.41) is 9.75. The van der Waals surface area contributed by atoms with Crippen molar-refractivity contribution in [3.63, 3.8) is 0 Å². The lowest BCUT2D eigenvalue weighted by Crippen LogP contribution is -2.29. The Bertz CT molecular complexity index is 573. The fourth-order valence-electron chi connectivity index (χ4n) is 2.69. The molecule has 0 fully saturated rings. The van der Waals surface area contributed by atoms with Crippen LogP contribution in [0.2, 0.25) is 0 Å². The monoisotopic (exact) mass is 458 g/mol. The Labute approximate surface area is 177 Å². The summed E-state index contributed by atoms with van der Waals surface area (Å²) in [4.78, 5) is 12.2. The molecule has 0 spiro atoms. The van der Waals surface area contributed by atoms with Gasteiger partial charge in [-0.05, 0) is 76.1 Å². The Kier molecular flexibility index (Phi) is 13.7. The number of hydrogen-bond donors (Lipinski definition) is 4. The first kappa shape index (κ1) is 24.7. The third kappa shape index (κ3) is 10.3. The first-order valence-electron chi connectivity index (χ1n) is 9.91. The van der Waals surface area contributed by atoms with Crippen LogP contribution in [0.1, 0.15) is 31.2 Å². The average Bonchev–Trinajstić information content (AvgIpc) is 2.70. The molecule has 0 bridgehead atoms. The molecule has 0 aliphatic carbocycles. The van der Waals surface area contributed by atoms with E-state index in [4.69, 9.17) is 15.2 Å². The highest BCUT2D eigenvalue weighted by atomic mass is 79.9. The van der Waals surface area contributed by atoms with Crippen LogP contribution < -0.4 is 31.2 Å². The molecule has 0 saturated heterocycles. The van der Waals surface area contributed by atoms with Gasteiger partial charge in [-0.2, -0.15) is 0 Å². The molecule has 5 N–H and O–H groups in total. The second-order valence-electron chi connectivity index (χ2n) is 6.53. The lowest BCUT2D eigenvalue weighted by Gasteiger charge is -2.12. The normalized spacial score (nSPS) is 10.7. The quantitative estimate of drug-likeness (QED) is 0.282.